The molecule has 0 radical (unpaired) electrons. The van der Waals surface area contributed by atoms with Gasteiger partial charge in [0.1, 0.15) is 6.26 Å². The normalized spacial score (nSPS) is 10.5. The smallest absolute Gasteiger partial charge is 0.301 e. The van der Waals surface area contributed by atoms with Crippen LogP contribution in [-0.2, 0) is 0 Å². The minimum atomic E-state index is -0.398. The third-order valence-electron chi connectivity index (χ3n) is 2.84. The topological polar surface area (TPSA) is 99.0 Å². The zero-order valence-electron chi connectivity index (χ0n) is 11.3. The third-order valence-corrected chi connectivity index (χ3v) is 2.84. The van der Waals surface area contributed by atoms with Gasteiger partial charge in [0.15, 0.2) is 5.69 Å². The summed E-state index contributed by atoms with van der Waals surface area (Å²) < 4.78 is 6.62. The highest BCUT2D eigenvalue weighted by atomic mass is 16.4. The number of amides is 1. The van der Waals surface area contributed by atoms with E-state index in [0.29, 0.717) is 17.1 Å². The molecule has 1 aromatic carbocycles. The Morgan fingerprint density at radius 1 is 1.33 bits per heavy atom. The summed E-state index contributed by atoms with van der Waals surface area (Å²) in [7, 11) is 0. The van der Waals surface area contributed by atoms with E-state index in [-0.39, 0.29) is 11.7 Å². The third kappa shape index (κ3) is 2.62. The second-order valence-corrected chi connectivity index (χ2v) is 4.45. The quantitative estimate of drug-likeness (QED) is 0.716. The molecule has 106 valence electrons. The standard InChI is InChI=1S/C14H13N5O2/c1-9-8-21-14(16-9)17-13(20)11-6-7-19(18-11)12-5-3-2-4-10(12)15/h2-8H,15H2,1H3,(H,16,17,20). The monoisotopic (exact) mass is 283 g/mol. The van der Waals surface area contributed by atoms with Crippen LogP contribution in [0.15, 0.2) is 47.2 Å². The fourth-order valence-corrected chi connectivity index (χ4v) is 1.85. The Hall–Kier alpha value is -3.09. The van der Waals surface area contributed by atoms with Crippen molar-refractivity contribution in [3.05, 3.63) is 54.2 Å². The molecule has 0 spiro atoms. The molecule has 0 saturated heterocycles. The molecule has 21 heavy (non-hydrogen) atoms. The number of carbonyl (C=O) groups excluding carboxylic acids is 1. The molecule has 0 fully saturated rings. The van der Waals surface area contributed by atoms with Gasteiger partial charge in [-0.05, 0) is 25.1 Å². The zero-order chi connectivity index (χ0) is 14.8. The molecule has 7 nitrogen and oxygen atoms in total. The van der Waals surface area contributed by atoms with Crippen molar-refractivity contribution in [3.63, 3.8) is 0 Å². The summed E-state index contributed by atoms with van der Waals surface area (Å²) in [5, 5.41) is 6.73. The minimum Gasteiger partial charge on any atom is -0.432 e. The van der Waals surface area contributed by atoms with E-state index in [0.717, 1.165) is 0 Å². The van der Waals surface area contributed by atoms with E-state index in [4.69, 9.17) is 10.2 Å². The maximum atomic E-state index is 12.0. The number of rotatable bonds is 3. The van der Waals surface area contributed by atoms with Crippen LogP contribution in [0.2, 0.25) is 0 Å². The number of hydrogen-bond acceptors (Lipinski definition) is 5. The summed E-state index contributed by atoms with van der Waals surface area (Å²) in [5.74, 6) is -0.398. The number of nitrogen functional groups attached to an aromatic ring is 1. The van der Waals surface area contributed by atoms with E-state index < -0.39 is 5.91 Å². The maximum Gasteiger partial charge on any atom is 0.301 e. The van der Waals surface area contributed by atoms with Gasteiger partial charge in [-0.3, -0.25) is 10.1 Å². The number of aromatic nitrogens is 3. The van der Waals surface area contributed by atoms with Crippen LogP contribution in [0, 0.1) is 6.92 Å². The number of benzene rings is 1. The first-order chi connectivity index (χ1) is 10.1. The number of anilines is 2. The molecule has 0 saturated carbocycles. The summed E-state index contributed by atoms with van der Waals surface area (Å²) >= 11 is 0. The van der Waals surface area contributed by atoms with Gasteiger partial charge in [-0.1, -0.05) is 12.1 Å². The first-order valence-electron chi connectivity index (χ1n) is 6.27. The number of nitrogens with one attached hydrogen (secondary N) is 1. The summed E-state index contributed by atoms with van der Waals surface area (Å²) in [6.07, 6.45) is 3.13. The van der Waals surface area contributed by atoms with E-state index in [1.165, 1.54) is 6.26 Å². The predicted molar refractivity (Wildman–Crippen MR) is 77.2 cm³/mol. The number of aryl methyl sites for hydroxylation is 1. The largest absolute Gasteiger partial charge is 0.432 e. The maximum absolute atomic E-state index is 12.0. The van der Waals surface area contributed by atoms with Crippen LogP contribution >= 0.6 is 0 Å². The highest BCUT2D eigenvalue weighted by Crippen LogP contribution is 2.16. The number of carbonyl (C=O) groups is 1. The first-order valence-corrected chi connectivity index (χ1v) is 6.27. The predicted octanol–water partition coefficient (Wildman–Crippen LogP) is 2.00. The molecule has 0 aliphatic rings. The summed E-state index contributed by atoms with van der Waals surface area (Å²) in [4.78, 5) is 16.0. The number of hydrogen-bond donors (Lipinski definition) is 2. The van der Waals surface area contributed by atoms with Crippen LogP contribution in [-0.4, -0.2) is 20.7 Å². The molecule has 7 heteroatoms. The van der Waals surface area contributed by atoms with E-state index >= 15 is 0 Å². The van der Waals surface area contributed by atoms with E-state index in [1.54, 1.807) is 29.9 Å². The molecular formula is C14H13N5O2. The van der Waals surface area contributed by atoms with Gasteiger partial charge in [-0.2, -0.15) is 10.1 Å². The molecule has 2 heterocycles. The Balaban J connectivity index is 1.82. The molecule has 3 aromatic rings. The lowest BCUT2D eigenvalue weighted by molar-refractivity contribution is 0.101. The Kier molecular flexibility index (Phi) is 3.15. The van der Waals surface area contributed by atoms with Gasteiger partial charge in [0.2, 0.25) is 0 Å². The van der Waals surface area contributed by atoms with E-state index in [1.807, 2.05) is 18.2 Å². The highest BCUT2D eigenvalue weighted by molar-refractivity contribution is 6.01. The van der Waals surface area contributed by atoms with Crippen LogP contribution < -0.4 is 11.1 Å². The summed E-state index contributed by atoms with van der Waals surface area (Å²) in [6.45, 7) is 1.77. The molecule has 1 amide bonds. The molecule has 2 aromatic heterocycles. The molecule has 0 aliphatic carbocycles. The molecule has 3 rings (SSSR count). The fraction of sp³-hybridized carbons (Fsp3) is 0.0714. The van der Waals surface area contributed by atoms with Crippen molar-refractivity contribution in [2.24, 2.45) is 0 Å². The van der Waals surface area contributed by atoms with Crippen molar-refractivity contribution in [3.8, 4) is 5.69 Å². The number of para-hydroxylation sites is 2. The second kappa shape index (κ2) is 5.12. The van der Waals surface area contributed by atoms with Gasteiger partial charge in [0, 0.05) is 6.20 Å². The lowest BCUT2D eigenvalue weighted by Gasteiger charge is -2.04. The van der Waals surface area contributed by atoms with Crippen molar-refractivity contribution in [1.82, 2.24) is 14.8 Å². The van der Waals surface area contributed by atoms with Crippen molar-refractivity contribution < 1.29 is 9.21 Å². The van der Waals surface area contributed by atoms with Gasteiger partial charge in [-0.15, -0.1) is 0 Å². The summed E-state index contributed by atoms with van der Waals surface area (Å²) in [5.41, 5.74) is 8.10. The van der Waals surface area contributed by atoms with Crippen LogP contribution in [0.1, 0.15) is 16.2 Å². The fourth-order valence-electron chi connectivity index (χ4n) is 1.85. The minimum absolute atomic E-state index is 0.145. The molecule has 0 aliphatic heterocycles. The second-order valence-electron chi connectivity index (χ2n) is 4.45. The average molecular weight is 283 g/mol. The highest BCUT2D eigenvalue weighted by Gasteiger charge is 2.13. The zero-order valence-corrected chi connectivity index (χ0v) is 11.3. The Labute approximate surface area is 120 Å². The van der Waals surface area contributed by atoms with Crippen LogP contribution in [0.4, 0.5) is 11.7 Å². The molecule has 3 N–H and O–H groups in total. The molecule has 0 bridgehead atoms. The van der Waals surface area contributed by atoms with Gasteiger partial charge in [-0.25, -0.2) is 4.68 Å². The number of oxazole rings is 1. The molecule has 0 atom stereocenters. The summed E-state index contributed by atoms with van der Waals surface area (Å²) in [6, 6.07) is 9.01. The van der Waals surface area contributed by atoms with E-state index in [9.17, 15) is 4.79 Å². The lowest BCUT2D eigenvalue weighted by Crippen LogP contribution is -2.13. The Bertz CT molecular complexity index is 790. The molecule has 0 unspecified atom stereocenters. The number of nitrogens with two attached hydrogens (primary N) is 1. The van der Waals surface area contributed by atoms with Crippen LogP contribution in [0.25, 0.3) is 5.69 Å². The van der Waals surface area contributed by atoms with Crippen molar-refractivity contribution in [2.75, 3.05) is 11.1 Å². The van der Waals surface area contributed by atoms with Crippen molar-refractivity contribution in [1.29, 1.82) is 0 Å². The van der Waals surface area contributed by atoms with Gasteiger partial charge in [0.05, 0.1) is 17.1 Å². The average Bonchev–Trinajstić information content (AvgIpc) is 3.09. The van der Waals surface area contributed by atoms with Crippen LogP contribution in [0.3, 0.4) is 0 Å². The lowest BCUT2D eigenvalue weighted by atomic mass is 10.3. The SMILES string of the molecule is Cc1coc(NC(=O)c2ccn(-c3ccccc3N)n2)n1. The Morgan fingerprint density at radius 3 is 2.86 bits per heavy atom. The van der Waals surface area contributed by atoms with E-state index in [2.05, 4.69) is 15.4 Å². The van der Waals surface area contributed by atoms with Gasteiger partial charge < -0.3 is 10.2 Å². The van der Waals surface area contributed by atoms with Gasteiger partial charge >= 0.3 is 6.01 Å². The van der Waals surface area contributed by atoms with Crippen molar-refractivity contribution >= 4 is 17.6 Å². The van der Waals surface area contributed by atoms with Crippen LogP contribution in [0.5, 0.6) is 0 Å². The Morgan fingerprint density at radius 2 is 2.14 bits per heavy atom. The molecular weight excluding hydrogens is 270 g/mol. The van der Waals surface area contributed by atoms with Crippen molar-refractivity contribution in [2.45, 2.75) is 6.92 Å². The van der Waals surface area contributed by atoms with Gasteiger partial charge in [0.25, 0.3) is 5.91 Å². The number of nitrogens with zero attached hydrogens (tertiary/aromatic N) is 3. The first kappa shape index (κ1) is 12.9.